The number of phosphoric acid groups is 1. The van der Waals surface area contributed by atoms with E-state index < -0.39 is 13.9 Å². The van der Waals surface area contributed by atoms with Crippen molar-refractivity contribution in [3.8, 4) is 0 Å². The van der Waals surface area contributed by atoms with Crippen molar-refractivity contribution in [1.82, 2.24) is 0 Å². The first-order valence-electron chi connectivity index (χ1n) is 21.1. The van der Waals surface area contributed by atoms with Gasteiger partial charge in [0.15, 0.2) is 0 Å². The third-order valence-corrected chi connectivity index (χ3v) is 9.29. The van der Waals surface area contributed by atoms with E-state index in [1.807, 2.05) is 0 Å². The molecule has 0 aliphatic rings. The number of allylic oxidation sites excluding steroid dienone is 14. The molecule has 0 fully saturated rings. The lowest BCUT2D eigenvalue weighted by Crippen LogP contribution is -2.28. The molecule has 54 heavy (non-hydrogen) atoms. The van der Waals surface area contributed by atoms with Gasteiger partial charge in [-0.15, -0.1) is 0 Å². The zero-order valence-corrected chi connectivity index (χ0v) is 35.1. The van der Waals surface area contributed by atoms with Gasteiger partial charge >= 0.3 is 13.8 Å². The molecular weight excluding hydrogens is 697 g/mol. The van der Waals surface area contributed by atoms with Crippen LogP contribution in [0.2, 0.25) is 0 Å². The van der Waals surface area contributed by atoms with Gasteiger partial charge in [0, 0.05) is 19.6 Å². The molecule has 0 aromatic heterocycles. The standard InChI is InChI=1S/C45H78NO7P/c1-3-5-7-9-11-13-15-17-18-19-20-21-22-23-24-25-27-29-31-33-35-37-40-50-42-44(43-52-54(48,49)51-41-39-46)53-45(47)38-36-34-32-30-28-26-16-14-12-10-8-6-4-2/h5-8,11-14,17-18,20-21,26,28,44H,3-4,9-10,15-16,19,22-25,27,29-43,46H2,1-2H3,(H,48,49)/b7-5-,8-6-,13-11-,14-12-,18-17-,21-20-,28-26-. The van der Waals surface area contributed by atoms with Gasteiger partial charge in [0.25, 0.3) is 0 Å². The van der Waals surface area contributed by atoms with Gasteiger partial charge < -0.3 is 20.1 Å². The Bertz CT molecular complexity index is 1100. The van der Waals surface area contributed by atoms with Crippen LogP contribution in [0.1, 0.15) is 155 Å². The van der Waals surface area contributed by atoms with Crippen LogP contribution in [0, 0.1) is 0 Å². The van der Waals surface area contributed by atoms with E-state index in [4.69, 9.17) is 24.3 Å². The average Bonchev–Trinajstić information content (AvgIpc) is 3.16. The maximum Gasteiger partial charge on any atom is 0.472 e. The first-order valence-corrected chi connectivity index (χ1v) is 22.6. The molecule has 0 aliphatic carbocycles. The number of ether oxygens (including phenoxy) is 2. The quantitative estimate of drug-likeness (QED) is 0.0274. The number of phosphoric ester groups is 1. The molecule has 3 N–H and O–H groups in total. The average molecular weight is 776 g/mol. The predicted molar refractivity (Wildman–Crippen MR) is 228 cm³/mol. The topological polar surface area (TPSA) is 117 Å². The molecule has 0 aliphatic heterocycles. The second kappa shape index (κ2) is 41.8. The summed E-state index contributed by atoms with van der Waals surface area (Å²) in [4.78, 5) is 22.4. The minimum Gasteiger partial charge on any atom is -0.457 e. The molecule has 0 aromatic rings. The Hall–Kier alpha value is -2.32. The first-order chi connectivity index (χ1) is 26.4. The summed E-state index contributed by atoms with van der Waals surface area (Å²) < 4.78 is 33.4. The highest BCUT2D eigenvalue weighted by atomic mass is 31.2. The summed E-state index contributed by atoms with van der Waals surface area (Å²) in [5.74, 6) is -0.365. The summed E-state index contributed by atoms with van der Waals surface area (Å²) in [6.45, 7) is 4.61. The van der Waals surface area contributed by atoms with Crippen LogP contribution in [0.25, 0.3) is 0 Å². The van der Waals surface area contributed by atoms with Crippen molar-refractivity contribution in [2.75, 3.05) is 33.0 Å². The van der Waals surface area contributed by atoms with Crippen LogP contribution in [0.15, 0.2) is 85.1 Å². The number of hydrogen-bond acceptors (Lipinski definition) is 7. The molecule has 0 rings (SSSR count). The number of esters is 1. The van der Waals surface area contributed by atoms with Gasteiger partial charge in [0.1, 0.15) is 6.10 Å². The van der Waals surface area contributed by atoms with E-state index in [0.717, 1.165) is 83.5 Å². The minimum absolute atomic E-state index is 0.0898. The summed E-state index contributed by atoms with van der Waals surface area (Å²) in [5, 5.41) is 0. The molecule has 0 amide bonds. The number of hydrogen-bond donors (Lipinski definition) is 2. The largest absolute Gasteiger partial charge is 0.472 e. The van der Waals surface area contributed by atoms with E-state index in [2.05, 4.69) is 98.9 Å². The molecule has 0 saturated heterocycles. The van der Waals surface area contributed by atoms with Crippen molar-refractivity contribution in [2.24, 2.45) is 5.73 Å². The Morgan fingerprint density at radius 1 is 0.556 bits per heavy atom. The van der Waals surface area contributed by atoms with Crippen LogP contribution >= 0.6 is 7.82 Å². The molecule has 0 aromatic carbocycles. The molecule has 9 heteroatoms. The van der Waals surface area contributed by atoms with Gasteiger partial charge in [-0.1, -0.05) is 150 Å². The predicted octanol–water partition coefficient (Wildman–Crippen LogP) is 12.5. The van der Waals surface area contributed by atoms with Gasteiger partial charge in [-0.25, -0.2) is 4.57 Å². The summed E-state index contributed by atoms with van der Waals surface area (Å²) in [6, 6.07) is 0. The lowest BCUT2D eigenvalue weighted by atomic mass is 10.1. The molecule has 0 saturated carbocycles. The second-order valence-corrected chi connectivity index (χ2v) is 14.9. The SMILES string of the molecule is CC/C=C\C/C=C\C/C=C\C/C=C\CCCCCCCCCCCOCC(COP(=O)(O)OCCN)OC(=O)CCCCC/C=C\C/C=C\C/C=C\CC. The maximum absolute atomic E-state index is 12.5. The highest BCUT2D eigenvalue weighted by molar-refractivity contribution is 7.47. The molecule has 8 nitrogen and oxygen atoms in total. The Labute approximate surface area is 330 Å². The second-order valence-electron chi connectivity index (χ2n) is 13.4. The van der Waals surface area contributed by atoms with Crippen LogP contribution in [-0.4, -0.2) is 49.9 Å². The van der Waals surface area contributed by atoms with E-state index in [9.17, 15) is 14.3 Å². The van der Waals surface area contributed by atoms with Crippen molar-refractivity contribution >= 4 is 13.8 Å². The first kappa shape index (κ1) is 51.7. The van der Waals surface area contributed by atoms with Crippen LogP contribution in [-0.2, 0) is 27.9 Å². The molecule has 0 heterocycles. The summed E-state index contributed by atoms with van der Waals surface area (Å²) >= 11 is 0. The zero-order valence-electron chi connectivity index (χ0n) is 34.2. The van der Waals surface area contributed by atoms with E-state index in [1.54, 1.807) is 0 Å². The smallest absolute Gasteiger partial charge is 0.457 e. The zero-order chi connectivity index (χ0) is 39.5. The fourth-order valence-electron chi connectivity index (χ4n) is 5.29. The summed E-state index contributed by atoms with van der Waals surface area (Å²) in [7, 11) is -4.29. The Morgan fingerprint density at radius 3 is 1.46 bits per heavy atom. The fourth-order valence-corrected chi connectivity index (χ4v) is 6.06. The van der Waals surface area contributed by atoms with Crippen molar-refractivity contribution in [1.29, 1.82) is 0 Å². The highest BCUT2D eigenvalue weighted by Crippen LogP contribution is 2.43. The van der Waals surface area contributed by atoms with E-state index in [0.29, 0.717) is 6.61 Å². The Morgan fingerprint density at radius 2 is 0.981 bits per heavy atom. The molecule has 2 atom stereocenters. The molecule has 310 valence electrons. The molecule has 0 bridgehead atoms. The number of carbonyl (C=O) groups excluding carboxylic acids is 1. The molecular formula is C45H78NO7P. The monoisotopic (exact) mass is 776 g/mol. The van der Waals surface area contributed by atoms with E-state index >= 15 is 0 Å². The van der Waals surface area contributed by atoms with Crippen molar-refractivity contribution in [3.63, 3.8) is 0 Å². The summed E-state index contributed by atoms with van der Waals surface area (Å²) in [6.07, 6.45) is 53.2. The van der Waals surface area contributed by atoms with Crippen LogP contribution < -0.4 is 5.73 Å². The number of nitrogens with two attached hydrogens (primary N) is 1. The normalized spacial score (nSPS) is 14.4. The summed E-state index contributed by atoms with van der Waals surface area (Å²) in [5.41, 5.74) is 5.36. The lowest BCUT2D eigenvalue weighted by Gasteiger charge is -2.20. The molecule has 0 radical (unpaired) electrons. The van der Waals surface area contributed by atoms with Gasteiger partial charge in [0.05, 0.1) is 19.8 Å². The third-order valence-electron chi connectivity index (χ3n) is 8.31. The number of unbranched alkanes of at least 4 members (excludes halogenated alkanes) is 12. The number of rotatable bonds is 39. The van der Waals surface area contributed by atoms with Crippen molar-refractivity contribution in [2.45, 2.75) is 161 Å². The van der Waals surface area contributed by atoms with E-state index in [-0.39, 0.29) is 38.8 Å². The Kier molecular flexibility index (Phi) is 40.0. The van der Waals surface area contributed by atoms with Gasteiger partial charge in [0.2, 0.25) is 0 Å². The maximum atomic E-state index is 12.5. The fraction of sp³-hybridized carbons (Fsp3) is 0.667. The third kappa shape index (κ3) is 40.9. The lowest BCUT2D eigenvalue weighted by molar-refractivity contribution is -0.154. The van der Waals surface area contributed by atoms with Crippen LogP contribution in [0.4, 0.5) is 0 Å². The van der Waals surface area contributed by atoms with Gasteiger partial charge in [-0.3, -0.25) is 13.8 Å². The molecule has 2 unspecified atom stereocenters. The number of carbonyl (C=O) groups is 1. The van der Waals surface area contributed by atoms with Crippen molar-refractivity contribution in [3.05, 3.63) is 85.1 Å². The van der Waals surface area contributed by atoms with Crippen LogP contribution in [0.5, 0.6) is 0 Å². The molecule has 0 spiro atoms. The minimum atomic E-state index is -4.29. The van der Waals surface area contributed by atoms with Crippen molar-refractivity contribution < 1.29 is 32.8 Å². The van der Waals surface area contributed by atoms with Gasteiger partial charge in [-0.05, 0) is 83.5 Å². The van der Waals surface area contributed by atoms with E-state index in [1.165, 1.54) is 51.4 Å². The Balaban J connectivity index is 4.06. The van der Waals surface area contributed by atoms with Gasteiger partial charge in [-0.2, -0.15) is 0 Å². The van der Waals surface area contributed by atoms with Crippen LogP contribution in [0.3, 0.4) is 0 Å². The highest BCUT2D eigenvalue weighted by Gasteiger charge is 2.25.